The maximum absolute atomic E-state index is 12.9. The first-order valence-electron chi connectivity index (χ1n) is 10.2. The highest BCUT2D eigenvalue weighted by molar-refractivity contribution is 7.89. The summed E-state index contributed by atoms with van der Waals surface area (Å²) >= 11 is 0. The van der Waals surface area contributed by atoms with Gasteiger partial charge in [-0.15, -0.1) is 0 Å². The lowest BCUT2D eigenvalue weighted by atomic mass is 9.81. The molecule has 7 nitrogen and oxygen atoms in total. The zero-order valence-electron chi connectivity index (χ0n) is 16.9. The first kappa shape index (κ1) is 20.7. The Bertz CT molecular complexity index is 1050. The first-order chi connectivity index (χ1) is 14.4. The maximum Gasteiger partial charge on any atom is 0.241 e. The molecule has 2 aromatic rings. The molecule has 1 aromatic carbocycles. The van der Waals surface area contributed by atoms with Crippen LogP contribution in [-0.4, -0.2) is 30.1 Å². The van der Waals surface area contributed by atoms with Gasteiger partial charge >= 0.3 is 0 Å². The van der Waals surface area contributed by atoms with Crippen LogP contribution in [-0.2, 0) is 32.7 Å². The molecule has 1 saturated heterocycles. The molecule has 2 heterocycles. The number of imide groups is 1. The molecule has 1 N–H and O–H groups in total. The van der Waals surface area contributed by atoms with E-state index in [1.54, 1.807) is 49.6 Å². The molecule has 0 spiro atoms. The van der Waals surface area contributed by atoms with Crippen LogP contribution >= 0.6 is 0 Å². The Labute approximate surface area is 176 Å². The molecule has 1 aliphatic heterocycles. The minimum absolute atomic E-state index is 0.107. The Hall–Kier alpha value is -2.58. The number of benzene rings is 1. The van der Waals surface area contributed by atoms with Crippen molar-refractivity contribution in [2.75, 3.05) is 0 Å². The Kier molecular flexibility index (Phi) is 5.71. The Morgan fingerprint density at radius 3 is 2.40 bits per heavy atom. The Morgan fingerprint density at radius 1 is 1.07 bits per heavy atom. The number of carbonyl (C=O) groups is 2. The summed E-state index contributed by atoms with van der Waals surface area (Å²) in [5.74, 6) is -0.657. The van der Waals surface area contributed by atoms with Gasteiger partial charge in [0.2, 0.25) is 21.8 Å². The summed E-state index contributed by atoms with van der Waals surface area (Å²) < 4.78 is 28.3. The number of rotatable bonds is 6. The van der Waals surface area contributed by atoms with E-state index in [0.717, 1.165) is 31.2 Å². The zero-order valence-corrected chi connectivity index (χ0v) is 17.7. The third kappa shape index (κ3) is 4.02. The molecule has 2 atom stereocenters. The molecule has 0 radical (unpaired) electrons. The van der Waals surface area contributed by atoms with Crippen molar-refractivity contribution in [1.82, 2.24) is 14.6 Å². The predicted molar refractivity (Wildman–Crippen MR) is 110 cm³/mol. The average molecular weight is 428 g/mol. The van der Waals surface area contributed by atoms with Crippen LogP contribution in [0.25, 0.3) is 0 Å². The summed E-state index contributed by atoms with van der Waals surface area (Å²) in [5.41, 5.74) is 1.98. The topological polar surface area (TPSA) is 96.4 Å². The summed E-state index contributed by atoms with van der Waals surface area (Å²) in [5, 5.41) is 0. The van der Waals surface area contributed by atoms with Crippen LogP contribution in [0.1, 0.15) is 42.4 Å². The van der Waals surface area contributed by atoms with Crippen LogP contribution in [0.5, 0.6) is 0 Å². The van der Waals surface area contributed by atoms with Crippen molar-refractivity contribution in [3.8, 4) is 0 Å². The van der Waals surface area contributed by atoms with E-state index in [-0.39, 0.29) is 41.6 Å². The number of carbonyl (C=O) groups excluding carboxylic acids is 2. The van der Waals surface area contributed by atoms with Gasteiger partial charge in [-0.2, -0.15) is 0 Å². The van der Waals surface area contributed by atoms with Crippen molar-refractivity contribution in [1.29, 1.82) is 0 Å². The second-order valence-electron chi connectivity index (χ2n) is 8.05. The lowest BCUT2D eigenvalue weighted by Gasteiger charge is -2.19. The number of nitrogens with zero attached hydrogens (tertiary/aromatic N) is 2. The van der Waals surface area contributed by atoms with E-state index >= 15 is 0 Å². The Balaban J connectivity index is 1.53. The third-order valence-electron chi connectivity index (χ3n) is 6.00. The van der Waals surface area contributed by atoms with Crippen molar-refractivity contribution in [2.24, 2.45) is 11.8 Å². The van der Waals surface area contributed by atoms with Crippen LogP contribution in [0.15, 0.2) is 47.6 Å². The van der Waals surface area contributed by atoms with E-state index in [9.17, 15) is 18.0 Å². The van der Waals surface area contributed by atoms with Gasteiger partial charge in [0.15, 0.2) is 0 Å². The van der Waals surface area contributed by atoms with E-state index in [4.69, 9.17) is 0 Å². The summed E-state index contributed by atoms with van der Waals surface area (Å²) in [6.07, 6.45) is 6.71. The third-order valence-corrected chi connectivity index (χ3v) is 7.55. The molecular formula is C22H25N3O4S. The molecule has 2 fully saturated rings. The number of likely N-dealkylation sites (tertiary alicyclic amines) is 1. The van der Waals surface area contributed by atoms with Gasteiger partial charge in [0, 0.05) is 18.9 Å². The number of amides is 2. The number of hydrogen-bond donors (Lipinski definition) is 1. The summed E-state index contributed by atoms with van der Waals surface area (Å²) in [6, 6.07) is 8.59. The van der Waals surface area contributed by atoms with E-state index in [0.29, 0.717) is 11.1 Å². The fourth-order valence-corrected chi connectivity index (χ4v) is 5.67. The molecule has 1 aliphatic carbocycles. The highest BCUT2D eigenvalue weighted by atomic mass is 32.2. The molecule has 0 unspecified atom stereocenters. The molecule has 2 amide bonds. The van der Waals surface area contributed by atoms with Gasteiger partial charge in [-0.05, 0) is 48.6 Å². The van der Waals surface area contributed by atoms with Gasteiger partial charge < -0.3 is 0 Å². The van der Waals surface area contributed by atoms with E-state index in [1.807, 2.05) is 0 Å². The van der Waals surface area contributed by atoms with E-state index < -0.39 is 10.0 Å². The van der Waals surface area contributed by atoms with Crippen molar-refractivity contribution in [3.63, 3.8) is 0 Å². The standard InChI is InChI=1S/C22H25N3O4S/c1-15-8-9-16(14-25-21(26)18-6-2-3-7-19(18)22(25)27)11-20(15)30(28,29)24-13-17-5-4-10-23-12-17/h4-5,8-12,18-19,24H,2-3,6-7,13-14H2,1H3/t18-,19-/m1/s1. The predicted octanol–water partition coefficient (Wildman–Crippen LogP) is 2.54. The normalized spacial score (nSPS) is 21.7. The van der Waals surface area contributed by atoms with Crippen molar-refractivity contribution < 1.29 is 18.0 Å². The van der Waals surface area contributed by atoms with Crippen LogP contribution < -0.4 is 4.72 Å². The summed E-state index contributed by atoms with van der Waals surface area (Å²) in [6.45, 7) is 1.96. The number of aryl methyl sites for hydroxylation is 1. The van der Waals surface area contributed by atoms with Gasteiger partial charge in [-0.3, -0.25) is 19.5 Å². The zero-order chi connectivity index (χ0) is 21.3. The van der Waals surface area contributed by atoms with Gasteiger partial charge in [-0.25, -0.2) is 13.1 Å². The molecule has 1 saturated carbocycles. The fourth-order valence-electron chi connectivity index (χ4n) is 4.36. The number of pyridine rings is 1. The van der Waals surface area contributed by atoms with Crippen molar-refractivity contribution in [2.45, 2.75) is 50.6 Å². The van der Waals surface area contributed by atoms with Crippen LogP contribution in [0.3, 0.4) is 0 Å². The van der Waals surface area contributed by atoms with Gasteiger partial charge in [-0.1, -0.05) is 31.0 Å². The minimum atomic E-state index is -3.76. The van der Waals surface area contributed by atoms with Gasteiger partial charge in [0.25, 0.3) is 0 Å². The average Bonchev–Trinajstić information content (AvgIpc) is 2.99. The monoisotopic (exact) mass is 427 g/mol. The van der Waals surface area contributed by atoms with Crippen molar-refractivity contribution >= 4 is 21.8 Å². The number of nitrogens with one attached hydrogen (secondary N) is 1. The minimum Gasteiger partial charge on any atom is -0.278 e. The van der Waals surface area contributed by atoms with E-state index in [2.05, 4.69) is 9.71 Å². The lowest BCUT2D eigenvalue weighted by molar-refractivity contribution is -0.140. The highest BCUT2D eigenvalue weighted by Crippen LogP contribution is 2.38. The van der Waals surface area contributed by atoms with Gasteiger partial charge in [0.1, 0.15) is 0 Å². The summed E-state index contributed by atoms with van der Waals surface area (Å²) in [7, 11) is -3.76. The number of hydrogen-bond acceptors (Lipinski definition) is 5. The number of aromatic nitrogens is 1. The molecule has 2 aliphatic rings. The molecule has 0 bridgehead atoms. The quantitative estimate of drug-likeness (QED) is 0.715. The fraction of sp³-hybridized carbons (Fsp3) is 0.409. The van der Waals surface area contributed by atoms with Crippen molar-refractivity contribution in [3.05, 3.63) is 59.4 Å². The maximum atomic E-state index is 12.9. The molecular weight excluding hydrogens is 402 g/mol. The number of fused-ring (bicyclic) bond motifs is 1. The largest absolute Gasteiger partial charge is 0.278 e. The molecule has 30 heavy (non-hydrogen) atoms. The van der Waals surface area contributed by atoms with E-state index in [1.165, 1.54) is 4.90 Å². The van der Waals surface area contributed by atoms with Crippen LogP contribution in [0.4, 0.5) is 0 Å². The first-order valence-corrected chi connectivity index (χ1v) is 11.7. The SMILES string of the molecule is Cc1ccc(CN2C(=O)[C@@H]3CCCC[C@H]3C2=O)cc1S(=O)(=O)NCc1cccnc1. The molecule has 4 rings (SSSR count). The van der Waals surface area contributed by atoms with Crippen LogP contribution in [0, 0.1) is 18.8 Å². The lowest BCUT2D eigenvalue weighted by Crippen LogP contribution is -2.30. The second-order valence-corrected chi connectivity index (χ2v) is 9.78. The Morgan fingerprint density at radius 2 is 1.77 bits per heavy atom. The van der Waals surface area contributed by atoms with Crippen LogP contribution in [0.2, 0.25) is 0 Å². The summed E-state index contributed by atoms with van der Waals surface area (Å²) in [4.78, 5) is 30.9. The molecule has 8 heteroatoms. The number of sulfonamides is 1. The van der Waals surface area contributed by atoms with Gasteiger partial charge in [0.05, 0.1) is 23.3 Å². The smallest absolute Gasteiger partial charge is 0.241 e. The highest BCUT2D eigenvalue weighted by Gasteiger charge is 2.47. The second kappa shape index (κ2) is 8.28. The molecule has 1 aromatic heterocycles. The molecule has 158 valence electrons.